The Hall–Kier alpha value is -0.880. The van der Waals surface area contributed by atoms with Gasteiger partial charge in [0.2, 0.25) is 5.95 Å². The molecule has 0 N–H and O–H groups in total. The highest BCUT2D eigenvalue weighted by atomic mass is 35.5. The molecule has 1 saturated carbocycles. The summed E-state index contributed by atoms with van der Waals surface area (Å²) in [6, 6.07) is 3.56. The highest BCUT2D eigenvalue weighted by Crippen LogP contribution is 2.35. The fourth-order valence-corrected chi connectivity index (χ4v) is 4.05. The van der Waals surface area contributed by atoms with Crippen molar-refractivity contribution in [2.45, 2.75) is 32.4 Å². The Bertz CT molecular complexity index is 794. The van der Waals surface area contributed by atoms with Gasteiger partial charge in [-0.05, 0) is 31.9 Å². The largest absolute Gasteiger partial charge is 0.355 e. The van der Waals surface area contributed by atoms with Gasteiger partial charge in [0.05, 0.1) is 11.3 Å². The van der Waals surface area contributed by atoms with E-state index in [1.165, 1.54) is 4.68 Å². The molecule has 1 aromatic carbocycles. The van der Waals surface area contributed by atoms with Crippen LogP contribution in [-0.2, 0) is 13.6 Å². The standard InChI is InChI=1S/C16H15Cl3FN3S/c1-8-14(15(20)22(2)21-8)16(24)23(10-3-4-10)7-11-12(18)5-9(17)6-13(11)19/h5-6,10H,3-4,7H2,1-2H3. The van der Waals surface area contributed by atoms with Crippen molar-refractivity contribution in [3.8, 4) is 0 Å². The van der Waals surface area contributed by atoms with Crippen LogP contribution in [0.15, 0.2) is 12.1 Å². The van der Waals surface area contributed by atoms with E-state index < -0.39 is 5.95 Å². The third kappa shape index (κ3) is 3.40. The normalized spacial score (nSPS) is 14.1. The molecular weight excluding hydrogens is 392 g/mol. The monoisotopic (exact) mass is 405 g/mol. The highest BCUT2D eigenvalue weighted by Gasteiger charge is 2.34. The number of aromatic nitrogens is 2. The lowest BCUT2D eigenvalue weighted by Gasteiger charge is -2.26. The summed E-state index contributed by atoms with van der Waals surface area (Å²) >= 11 is 24.1. The molecule has 8 heteroatoms. The molecule has 1 aromatic heterocycles. The Kier molecular flexibility index (Phi) is 5.07. The lowest BCUT2D eigenvalue weighted by Crippen LogP contribution is -2.33. The van der Waals surface area contributed by atoms with E-state index in [0.717, 1.165) is 18.4 Å². The minimum atomic E-state index is -0.434. The summed E-state index contributed by atoms with van der Waals surface area (Å²) in [4.78, 5) is 2.41. The first-order chi connectivity index (χ1) is 11.3. The van der Waals surface area contributed by atoms with Crippen molar-refractivity contribution >= 4 is 52.0 Å². The molecular formula is C16H15Cl3FN3S. The van der Waals surface area contributed by atoms with Crippen molar-refractivity contribution in [2.75, 3.05) is 0 Å². The van der Waals surface area contributed by atoms with Crippen LogP contribution < -0.4 is 0 Å². The van der Waals surface area contributed by atoms with Crippen LogP contribution in [0.1, 0.15) is 29.7 Å². The summed E-state index contributed by atoms with van der Waals surface area (Å²) in [5.74, 6) is -0.434. The summed E-state index contributed by atoms with van der Waals surface area (Å²) < 4.78 is 15.6. The predicted octanol–water partition coefficient (Wildman–Crippen LogP) is 5.17. The van der Waals surface area contributed by atoms with Crippen molar-refractivity contribution < 1.29 is 4.39 Å². The van der Waals surface area contributed by atoms with Crippen molar-refractivity contribution in [1.29, 1.82) is 0 Å². The van der Waals surface area contributed by atoms with Gasteiger partial charge in [-0.3, -0.25) is 0 Å². The van der Waals surface area contributed by atoms with Gasteiger partial charge in [0.15, 0.2) is 0 Å². The van der Waals surface area contributed by atoms with Gasteiger partial charge >= 0.3 is 0 Å². The maximum absolute atomic E-state index is 14.4. The zero-order valence-corrected chi connectivity index (χ0v) is 16.2. The lowest BCUT2D eigenvalue weighted by atomic mass is 10.1. The van der Waals surface area contributed by atoms with Crippen LogP contribution in [0.4, 0.5) is 4.39 Å². The molecule has 3 nitrogen and oxygen atoms in total. The topological polar surface area (TPSA) is 21.1 Å². The van der Waals surface area contributed by atoms with Gasteiger partial charge < -0.3 is 4.90 Å². The Balaban J connectivity index is 1.96. The molecule has 0 aliphatic heterocycles. The van der Waals surface area contributed by atoms with E-state index >= 15 is 0 Å². The van der Waals surface area contributed by atoms with Crippen LogP contribution in [0.3, 0.4) is 0 Å². The molecule has 2 aromatic rings. The maximum atomic E-state index is 14.4. The molecule has 128 valence electrons. The van der Waals surface area contributed by atoms with E-state index in [4.69, 9.17) is 47.0 Å². The highest BCUT2D eigenvalue weighted by molar-refractivity contribution is 7.80. The van der Waals surface area contributed by atoms with Crippen LogP contribution in [0.25, 0.3) is 0 Å². The van der Waals surface area contributed by atoms with E-state index in [-0.39, 0.29) is 6.04 Å². The quantitative estimate of drug-likeness (QED) is 0.654. The van der Waals surface area contributed by atoms with Gasteiger partial charge in [-0.2, -0.15) is 9.49 Å². The van der Waals surface area contributed by atoms with Gasteiger partial charge in [0.1, 0.15) is 4.99 Å². The molecule has 1 fully saturated rings. The Morgan fingerprint density at radius 1 is 1.33 bits per heavy atom. The average Bonchev–Trinajstić information content (AvgIpc) is 3.26. The van der Waals surface area contributed by atoms with Gasteiger partial charge in [0.25, 0.3) is 0 Å². The fraction of sp³-hybridized carbons (Fsp3) is 0.375. The smallest absolute Gasteiger partial charge is 0.221 e. The molecule has 3 rings (SSSR count). The Morgan fingerprint density at radius 3 is 2.38 bits per heavy atom. The molecule has 0 bridgehead atoms. The molecule has 0 unspecified atom stereocenters. The number of benzene rings is 1. The minimum Gasteiger partial charge on any atom is -0.355 e. The zero-order valence-electron chi connectivity index (χ0n) is 13.1. The van der Waals surface area contributed by atoms with Crippen LogP contribution in [0, 0.1) is 12.9 Å². The first-order valence-electron chi connectivity index (χ1n) is 7.43. The lowest BCUT2D eigenvalue weighted by molar-refractivity contribution is 0.408. The molecule has 0 saturated heterocycles. The molecule has 24 heavy (non-hydrogen) atoms. The van der Waals surface area contributed by atoms with Gasteiger partial charge in [-0.1, -0.05) is 47.0 Å². The number of halogens is 4. The number of rotatable bonds is 4. The third-order valence-electron chi connectivity index (χ3n) is 4.05. The van der Waals surface area contributed by atoms with Crippen molar-refractivity contribution in [1.82, 2.24) is 14.7 Å². The van der Waals surface area contributed by atoms with Crippen molar-refractivity contribution in [2.24, 2.45) is 7.05 Å². The molecule has 0 radical (unpaired) electrons. The number of nitrogens with zero attached hydrogens (tertiary/aromatic N) is 3. The van der Waals surface area contributed by atoms with Crippen molar-refractivity contribution in [3.05, 3.63) is 50.0 Å². The first kappa shape index (κ1) is 17.9. The van der Waals surface area contributed by atoms with Gasteiger partial charge in [-0.25, -0.2) is 4.68 Å². The fourth-order valence-electron chi connectivity index (χ4n) is 2.66. The van der Waals surface area contributed by atoms with Crippen LogP contribution in [-0.4, -0.2) is 25.7 Å². The molecule has 0 spiro atoms. The van der Waals surface area contributed by atoms with Gasteiger partial charge in [-0.15, -0.1) is 0 Å². The van der Waals surface area contributed by atoms with E-state index in [1.807, 2.05) is 4.90 Å². The molecule has 1 heterocycles. The van der Waals surface area contributed by atoms with Crippen LogP contribution in [0.2, 0.25) is 15.1 Å². The second kappa shape index (κ2) is 6.79. The second-order valence-electron chi connectivity index (χ2n) is 5.89. The maximum Gasteiger partial charge on any atom is 0.221 e. The van der Waals surface area contributed by atoms with E-state index in [0.29, 0.717) is 37.9 Å². The Morgan fingerprint density at radius 2 is 1.92 bits per heavy atom. The zero-order chi connectivity index (χ0) is 17.6. The summed E-state index contributed by atoms with van der Waals surface area (Å²) in [5, 5.41) is 5.53. The van der Waals surface area contributed by atoms with E-state index in [9.17, 15) is 4.39 Å². The predicted molar refractivity (Wildman–Crippen MR) is 99.6 cm³/mol. The summed E-state index contributed by atoms with van der Waals surface area (Å²) in [7, 11) is 1.56. The first-order valence-corrected chi connectivity index (χ1v) is 8.97. The number of thiocarbonyl (C=S) groups is 1. The minimum absolute atomic E-state index is 0.263. The average molecular weight is 407 g/mol. The third-order valence-corrected chi connectivity index (χ3v) is 5.38. The number of hydrogen-bond acceptors (Lipinski definition) is 2. The SMILES string of the molecule is Cc1nn(C)c(F)c1C(=S)N(Cc1c(Cl)cc(Cl)cc1Cl)C1CC1. The number of aryl methyl sites for hydroxylation is 2. The molecule has 1 aliphatic rings. The molecule has 0 atom stereocenters. The van der Waals surface area contributed by atoms with Crippen LogP contribution in [0.5, 0.6) is 0 Å². The van der Waals surface area contributed by atoms with Gasteiger partial charge in [0, 0.05) is 40.3 Å². The second-order valence-corrected chi connectivity index (χ2v) is 7.52. The van der Waals surface area contributed by atoms with Crippen LogP contribution >= 0.6 is 47.0 Å². The molecule has 1 aliphatic carbocycles. The van der Waals surface area contributed by atoms with E-state index in [1.54, 1.807) is 26.1 Å². The van der Waals surface area contributed by atoms with E-state index in [2.05, 4.69) is 5.10 Å². The summed E-state index contributed by atoms with van der Waals surface area (Å²) in [6.45, 7) is 2.16. The van der Waals surface area contributed by atoms with Crippen molar-refractivity contribution in [3.63, 3.8) is 0 Å². The molecule has 0 amide bonds. The summed E-state index contributed by atoms with van der Waals surface area (Å²) in [5.41, 5.74) is 1.67. The number of hydrogen-bond donors (Lipinski definition) is 0. The summed E-state index contributed by atoms with van der Waals surface area (Å²) in [6.07, 6.45) is 2.01. The Labute approximate surface area is 160 Å².